The number of aryl methyl sites for hydroxylation is 2. The number of fused-ring (bicyclic) bond motifs is 3. The highest BCUT2D eigenvalue weighted by molar-refractivity contribution is 5.93. The molecule has 1 fully saturated rings. The van der Waals surface area contributed by atoms with Crippen molar-refractivity contribution in [3.05, 3.63) is 66.2 Å². The first-order valence-corrected chi connectivity index (χ1v) is 11.9. The van der Waals surface area contributed by atoms with Crippen LogP contribution in [0.2, 0.25) is 0 Å². The lowest BCUT2D eigenvalue weighted by molar-refractivity contribution is -0.128. The molecule has 0 saturated carbocycles. The molecule has 2 aliphatic rings. The van der Waals surface area contributed by atoms with E-state index in [1.807, 2.05) is 56.6 Å². The quantitative estimate of drug-likeness (QED) is 0.458. The Morgan fingerprint density at radius 1 is 0.886 bits per heavy atom. The van der Waals surface area contributed by atoms with E-state index in [1.54, 1.807) is 22.9 Å². The molecule has 0 aliphatic carbocycles. The highest BCUT2D eigenvalue weighted by Gasteiger charge is 2.27. The summed E-state index contributed by atoms with van der Waals surface area (Å²) in [6.07, 6.45) is 7.29. The summed E-state index contributed by atoms with van der Waals surface area (Å²) in [6, 6.07) is 11.8. The van der Waals surface area contributed by atoms with Crippen LogP contribution in [0.3, 0.4) is 0 Å². The van der Waals surface area contributed by atoms with Gasteiger partial charge in [0.2, 0.25) is 5.91 Å². The van der Waals surface area contributed by atoms with Crippen LogP contribution in [0, 0.1) is 0 Å². The molecular formula is C25H26N8O2. The van der Waals surface area contributed by atoms with Crippen LogP contribution in [-0.4, -0.2) is 77.1 Å². The Bertz CT molecular complexity index is 1400. The molecule has 6 rings (SSSR count). The van der Waals surface area contributed by atoms with E-state index in [2.05, 4.69) is 16.4 Å². The second kappa shape index (κ2) is 8.53. The van der Waals surface area contributed by atoms with Crippen LogP contribution in [0.25, 0.3) is 22.8 Å². The number of hydrogen-bond donors (Lipinski definition) is 0. The summed E-state index contributed by atoms with van der Waals surface area (Å²) in [5.41, 5.74) is 5.17. The standard InChI is InChI=1S/C25H26N8O2/c1-18(34)29-9-4-10-30(14-13-29)25(35)22-16-23-24-19(7-12-32(23)27-22)17-33(28-24)21-6-2-5-20(15-21)31-11-3-8-26-31/h2-3,5-6,8,11,15-17H,4,7,9-10,12-14H2,1H3. The number of nitrogens with zero attached hydrogens (tertiary/aromatic N) is 8. The Labute approximate surface area is 202 Å². The van der Waals surface area contributed by atoms with Gasteiger partial charge in [0.05, 0.1) is 17.1 Å². The van der Waals surface area contributed by atoms with Crippen LogP contribution in [0.1, 0.15) is 29.4 Å². The summed E-state index contributed by atoms with van der Waals surface area (Å²) < 4.78 is 5.58. The maximum Gasteiger partial charge on any atom is 0.274 e. The lowest BCUT2D eigenvalue weighted by Crippen LogP contribution is -2.36. The van der Waals surface area contributed by atoms with Crippen LogP contribution in [0.15, 0.2) is 55.0 Å². The molecule has 10 nitrogen and oxygen atoms in total. The minimum absolute atomic E-state index is 0.0510. The molecule has 10 heteroatoms. The molecule has 0 spiro atoms. The minimum Gasteiger partial charge on any atom is -0.341 e. The molecule has 0 N–H and O–H groups in total. The summed E-state index contributed by atoms with van der Waals surface area (Å²) in [5.74, 6) is -0.0414. The SMILES string of the molecule is CC(=O)N1CCCN(C(=O)c2cc3n(n2)CCc2cn(-c4cccc(-n5cccn5)c4)nc2-3)CC1. The summed E-state index contributed by atoms with van der Waals surface area (Å²) in [6.45, 7) is 4.66. The predicted molar refractivity (Wildman–Crippen MR) is 128 cm³/mol. The second-order valence-electron chi connectivity index (χ2n) is 8.96. The smallest absolute Gasteiger partial charge is 0.274 e. The van der Waals surface area contributed by atoms with Gasteiger partial charge in [-0.15, -0.1) is 0 Å². The second-order valence-corrected chi connectivity index (χ2v) is 8.96. The van der Waals surface area contributed by atoms with Gasteiger partial charge in [0.25, 0.3) is 5.91 Å². The number of benzene rings is 1. The molecule has 1 aromatic carbocycles. The third-order valence-electron chi connectivity index (χ3n) is 6.72. The Balaban J connectivity index is 1.27. The number of carbonyl (C=O) groups excluding carboxylic acids is 2. The number of hydrogen-bond acceptors (Lipinski definition) is 5. The van der Waals surface area contributed by atoms with Gasteiger partial charge in [0.1, 0.15) is 5.69 Å². The van der Waals surface area contributed by atoms with E-state index in [0.717, 1.165) is 41.2 Å². The van der Waals surface area contributed by atoms with Gasteiger partial charge in [0, 0.05) is 63.8 Å². The van der Waals surface area contributed by atoms with Crippen molar-refractivity contribution in [3.63, 3.8) is 0 Å². The first-order valence-electron chi connectivity index (χ1n) is 11.9. The zero-order chi connectivity index (χ0) is 23.9. The molecule has 0 atom stereocenters. The fourth-order valence-electron chi connectivity index (χ4n) is 4.85. The summed E-state index contributed by atoms with van der Waals surface area (Å²) >= 11 is 0. The molecule has 0 radical (unpaired) electrons. The fourth-order valence-corrected chi connectivity index (χ4v) is 4.85. The molecular weight excluding hydrogens is 444 g/mol. The van der Waals surface area contributed by atoms with E-state index in [1.165, 1.54) is 0 Å². The number of rotatable bonds is 3. The van der Waals surface area contributed by atoms with Crippen LogP contribution in [0.4, 0.5) is 0 Å². The van der Waals surface area contributed by atoms with E-state index in [0.29, 0.717) is 38.4 Å². The van der Waals surface area contributed by atoms with Crippen molar-refractivity contribution in [1.29, 1.82) is 0 Å². The van der Waals surface area contributed by atoms with Crippen LogP contribution in [-0.2, 0) is 17.8 Å². The maximum atomic E-state index is 13.2. The van der Waals surface area contributed by atoms with Gasteiger partial charge in [-0.2, -0.15) is 15.3 Å². The molecule has 2 aliphatic heterocycles. The maximum absolute atomic E-state index is 13.2. The predicted octanol–water partition coefficient (Wildman–Crippen LogP) is 2.17. The monoisotopic (exact) mass is 470 g/mol. The van der Waals surface area contributed by atoms with E-state index < -0.39 is 0 Å². The zero-order valence-electron chi connectivity index (χ0n) is 19.5. The Hall–Kier alpha value is -4.21. The topological polar surface area (TPSA) is 94.1 Å². The van der Waals surface area contributed by atoms with E-state index in [-0.39, 0.29) is 11.8 Å². The molecule has 0 unspecified atom stereocenters. The van der Waals surface area contributed by atoms with Gasteiger partial charge in [-0.1, -0.05) is 6.07 Å². The van der Waals surface area contributed by atoms with Crippen LogP contribution < -0.4 is 0 Å². The highest BCUT2D eigenvalue weighted by atomic mass is 16.2. The summed E-state index contributed by atoms with van der Waals surface area (Å²) in [7, 11) is 0. The van der Waals surface area contributed by atoms with Crippen LogP contribution in [0.5, 0.6) is 0 Å². The Morgan fingerprint density at radius 3 is 2.49 bits per heavy atom. The van der Waals surface area contributed by atoms with Gasteiger partial charge in [-0.25, -0.2) is 9.36 Å². The number of aromatic nitrogens is 6. The van der Waals surface area contributed by atoms with Gasteiger partial charge in [0.15, 0.2) is 5.69 Å². The van der Waals surface area contributed by atoms with Crippen LogP contribution >= 0.6 is 0 Å². The summed E-state index contributed by atoms with van der Waals surface area (Å²) in [5, 5.41) is 13.8. The minimum atomic E-state index is -0.0924. The lowest BCUT2D eigenvalue weighted by Gasteiger charge is -2.20. The lowest BCUT2D eigenvalue weighted by atomic mass is 10.1. The Kier molecular flexibility index (Phi) is 5.20. The molecule has 4 aromatic rings. The highest BCUT2D eigenvalue weighted by Crippen LogP contribution is 2.30. The number of carbonyl (C=O) groups is 2. The normalized spacial score (nSPS) is 15.5. The van der Waals surface area contributed by atoms with Crippen molar-refractivity contribution in [2.75, 3.05) is 26.2 Å². The van der Waals surface area contributed by atoms with E-state index >= 15 is 0 Å². The summed E-state index contributed by atoms with van der Waals surface area (Å²) in [4.78, 5) is 28.6. The Morgan fingerprint density at radius 2 is 1.69 bits per heavy atom. The molecule has 0 bridgehead atoms. The van der Waals surface area contributed by atoms with Gasteiger partial charge in [-0.3, -0.25) is 14.3 Å². The largest absolute Gasteiger partial charge is 0.341 e. The van der Waals surface area contributed by atoms with E-state index in [9.17, 15) is 9.59 Å². The van der Waals surface area contributed by atoms with Crippen molar-refractivity contribution < 1.29 is 9.59 Å². The number of amides is 2. The third kappa shape index (κ3) is 3.90. The first kappa shape index (κ1) is 21.3. The van der Waals surface area contributed by atoms with E-state index in [4.69, 9.17) is 5.10 Å². The molecule has 5 heterocycles. The van der Waals surface area contributed by atoms with Crippen molar-refractivity contribution in [1.82, 2.24) is 39.1 Å². The van der Waals surface area contributed by atoms with Crippen molar-refractivity contribution in [2.24, 2.45) is 0 Å². The molecule has 3 aromatic heterocycles. The molecule has 35 heavy (non-hydrogen) atoms. The average Bonchev–Trinajstić information content (AvgIpc) is 3.59. The van der Waals surface area contributed by atoms with Gasteiger partial charge >= 0.3 is 0 Å². The van der Waals surface area contributed by atoms with Crippen molar-refractivity contribution >= 4 is 11.8 Å². The molecule has 2 amide bonds. The molecule has 178 valence electrons. The zero-order valence-corrected chi connectivity index (χ0v) is 19.5. The van der Waals surface area contributed by atoms with Gasteiger partial charge < -0.3 is 9.80 Å². The van der Waals surface area contributed by atoms with Gasteiger partial charge in [-0.05, 0) is 43.2 Å². The van der Waals surface area contributed by atoms with Crippen molar-refractivity contribution in [3.8, 4) is 22.8 Å². The average molecular weight is 471 g/mol. The first-order chi connectivity index (χ1) is 17.1. The third-order valence-corrected chi connectivity index (χ3v) is 6.72. The fraction of sp³-hybridized carbons (Fsp3) is 0.320. The van der Waals surface area contributed by atoms with Crippen molar-refractivity contribution in [2.45, 2.75) is 26.3 Å². The molecule has 1 saturated heterocycles.